The number of halogens is 1. The zero-order chi connectivity index (χ0) is 14.8. The molecule has 104 valence electrons. The van der Waals surface area contributed by atoms with E-state index in [-0.39, 0.29) is 17.1 Å². The van der Waals surface area contributed by atoms with Gasteiger partial charge in [-0.2, -0.15) is 5.26 Å². The van der Waals surface area contributed by atoms with Crippen LogP contribution in [0.25, 0.3) is 0 Å². The Kier molecular flexibility index (Phi) is 4.45. The summed E-state index contributed by atoms with van der Waals surface area (Å²) in [7, 11) is -3.70. The van der Waals surface area contributed by atoms with Gasteiger partial charge in [0.1, 0.15) is 4.90 Å². The Morgan fingerprint density at radius 3 is 2.65 bits per heavy atom. The molecule has 0 bridgehead atoms. The van der Waals surface area contributed by atoms with E-state index >= 15 is 0 Å². The molecule has 0 spiro atoms. The average Bonchev–Trinajstić information content (AvgIpc) is 2.82. The highest BCUT2D eigenvalue weighted by atomic mass is 79.9. The molecule has 0 aliphatic rings. The largest absolute Gasteiger partial charge is 0.398 e. The third-order valence-electron chi connectivity index (χ3n) is 2.49. The molecule has 0 amide bonds. The Balaban J connectivity index is 2.20. The van der Waals surface area contributed by atoms with Crippen LogP contribution < -0.4 is 10.5 Å². The zero-order valence-corrected chi connectivity index (χ0v) is 13.3. The second-order valence-electron chi connectivity index (χ2n) is 3.89. The number of nitrogens with one attached hydrogen (secondary N) is 1. The van der Waals surface area contributed by atoms with Gasteiger partial charge in [-0.05, 0) is 46.3 Å². The van der Waals surface area contributed by atoms with Crippen molar-refractivity contribution in [1.29, 1.82) is 5.26 Å². The van der Waals surface area contributed by atoms with Gasteiger partial charge in [0.25, 0.3) is 0 Å². The molecule has 0 fully saturated rings. The van der Waals surface area contributed by atoms with Gasteiger partial charge < -0.3 is 5.73 Å². The summed E-state index contributed by atoms with van der Waals surface area (Å²) < 4.78 is 27.7. The summed E-state index contributed by atoms with van der Waals surface area (Å²) in [5, 5.41) is 8.74. The molecule has 2 aromatic rings. The first-order valence-electron chi connectivity index (χ1n) is 5.46. The van der Waals surface area contributed by atoms with Crippen LogP contribution in [0.5, 0.6) is 0 Å². The van der Waals surface area contributed by atoms with Crippen LogP contribution in [0.2, 0.25) is 0 Å². The summed E-state index contributed by atoms with van der Waals surface area (Å²) in [6.45, 7) is 0.193. The van der Waals surface area contributed by atoms with Crippen molar-refractivity contribution in [3.8, 4) is 6.07 Å². The van der Waals surface area contributed by atoms with Crippen LogP contribution >= 0.6 is 27.3 Å². The van der Waals surface area contributed by atoms with Crippen LogP contribution in [0.3, 0.4) is 0 Å². The lowest BCUT2D eigenvalue weighted by Gasteiger charge is -2.08. The van der Waals surface area contributed by atoms with Gasteiger partial charge in [-0.15, -0.1) is 11.3 Å². The molecule has 0 saturated heterocycles. The fourth-order valence-electron chi connectivity index (χ4n) is 1.55. The van der Waals surface area contributed by atoms with Crippen molar-refractivity contribution in [3.63, 3.8) is 0 Å². The van der Waals surface area contributed by atoms with E-state index in [4.69, 9.17) is 11.0 Å². The summed E-state index contributed by atoms with van der Waals surface area (Å²) in [5.41, 5.74) is 6.06. The van der Waals surface area contributed by atoms with Crippen molar-refractivity contribution in [2.75, 3.05) is 5.73 Å². The van der Waals surface area contributed by atoms with Crippen molar-refractivity contribution in [1.82, 2.24) is 4.72 Å². The van der Waals surface area contributed by atoms with Gasteiger partial charge in [-0.1, -0.05) is 0 Å². The Hall–Kier alpha value is -1.40. The standard InChI is InChI=1S/C12H10BrN3O2S2/c13-12-4-2-9(19-12)7-16-20(17,18)11-3-1-8(6-14)5-10(11)15/h1-5,16H,7,15H2. The van der Waals surface area contributed by atoms with Gasteiger partial charge in [0, 0.05) is 11.4 Å². The fourth-order valence-corrected chi connectivity index (χ4v) is 4.19. The summed E-state index contributed by atoms with van der Waals surface area (Å²) in [6.07, 6.45) is 0. The van der Waals surface area contributed by atoms with E-state index in [1.807, 2.05) is 18.2 Å². The second kappa shape index (κ2) is 5.93. The van der Waals surface area contributed by atoms with Crippen LogP contribution in [0.1, 0.15) is 10.4 Å². The lowest BCUT2D eigenvalue weighted by molar-refractivity contribution is 0.582. The van der Waals surface area contributed by atoms with E-state index in [0.29, 0.717) is 5.56 Å². The Bertz CT molecular complexity index is 778. The molecule has 5 nitrogen and oxygen atoms in total. The van der Waals surface area contributed by atoms with Gasteiger partial charge in [-0.3, -0.25) is 0 Å². The zero-order valence-electron chi connectivity index (χ0n) is 10.1. The van der Waals surface area contributed by atoms with E-state index in [9.17, 15) is 8.42 Å². The maximum absolute atomic E-state index is 12.2. The number of nitrogen functional groups attached to an aromatic ring is 1. The third-order valence-corrected chi connectivity index (χ3v) is 5.59. The summed E-state index contributed by atoms with van der Waals surface area (Å²) in [6, 6.07) is 9.69. The molecule has 1 aromatic heterocycles. The normalized spacial score (nSPS) is 11.2. The van der Waals surface area contributed by atoms with Crippen LogP contribution in [-0.4, -0.2) is 8.42 Å². The molecule has 1 heterocycles. The van der Waals surface area contributed by atoms with Crippen molar-refractivity contribution >= 4 is 43.0 Å². The monoisotopic (exact) mass is 371 g/mol. The highest BCUT2D eigenvalue weighted by Crippen LogP contribution is 2.23. The van der Waals surface area contributed by atoms with E-state index in [0.717, 1.165) is 8.66 Å². The molecule has 3 N–H and O–H groups in total. The number of anilines is 1. The van der Waals surface area contributed by atoms with E-state index in [1.165, 1.54) is 29.5 Å². The number of rotatable bonds is 4. The molecular formula is C12H10BrN3O2S2. The number of nitrogens with two attached hydrogens (primary N) is 1. The number of nitriles is 1. The van der Waals surface area contributed by atoms with Gasteiger partial charge in [-0.25, -0.2) is 13.1 Å². The molecule has 8 heteroatoms. The highest BCUT2D eigenvalue weighted by Gasteiger charge is 2.17. The lowest BCUT2D eigenvalue weighted by Crippen LogP contribution is -2.23. The molecule has 0 radical (unpaired) electrons. The van der Waals surface area contributed by atoms with Crippen LogP contribution in [0.15, 0.2) is 39.0 Å². The Labute approximate surface area is 129 Å². The minimum absolute atomic E-state index is 0.0212. The molecule has 0 aliphatic carbocycles. The van der Waals surface area contributed by atoms with Crippen molar-refractivity contribution in [2.24, 2.45) is 0 Å². The number of hydrogen-bond acceptors (Lipinski definition) is 5. The van der Waals surface area contributed by atoms with Gasteiger partial charge in [0.2, 0.25) is 10.0 Å². The molecule has 0 aliphatic heterocycles. The summed E-state index contributed by atoms with van der Waals surface area (Å²) >= 11 is 4.76. The topological polar surface area (TPSA) is 96.0 Å². The maximum atomic E-state index is 12.2. The molecule has 0 unspecified atom stereocenters. The first kappa shape index (κ1) is 15.0. The average molecular weight is 372 g/mol. The molecule has 2 rings (SSSR count). The molecule has 0 saturated carbocycles. The Morgan fingerprint density at radius 2 is 2.10 bits per heavy atom. The summed E-state index contributed by atoms with van der Waals surface area (Å²) in [4.78, 5) is 0.861. The number of benzene rings is 1. The van der Waals surface area contributed by atoms with Gasteiger partial charge in [0.15, 0.2) is 0 Å². The quantitative estimate of drug-likeness (QED) is 0.806. The van der Waals surface area contributed by atoms with E-state index in [2.05, 4.69) is 20.7 Å². The molecule has 0 atom stereocenters. The predicted octanol–water partition coefficient (Wildman–Crippen LogP) is 2.44. The maximum Gasteiger partial charge on any atom is 0.242 e. The first-order valence-corrected chi connectivity index (χ1v) is 8.55. The van der Waals surface area contributed by atoms with Crippen LogP contribution in [0, 0.1) is 11.3 Å². The Morgan fingerprint density at radius 1 is 1.35 bits per heavy atom. The van der Waals surface area contributed by atoms with Crippen molar-refractivity contribution < 1.29 is 8.42 Å². The second-order valence-corrected chi connectivity index (χ2v) is 8.18. The lowest BCUT2D eigenvalue weighted by atomic mass is 10.2. The molecule has 1 aromatic carbocycles. The third kappa shape index (κ3) is 3.37. The first-order chi connectivity index (χ1) is 9.42. The van der Waals surface area contributed by atoms with Gasteiger partial charge in [0.05, 0.1) is 21.1 Å². The number of nitrogens with zero attached hydrogens (tertiary/aromatic N) is 1. The number of hydrogen-bond donors (Lipinski definition) is 2. The summed E-state index contributed by atoms with van der Waals surface area (Å²) in [5.74, 6) is 0. The van der Waals surface area contributed by atoms with Crippen molar-refractivity contribution in [2.45, 2.75) is 11.4 Å². The fraction of sp³-hybridized carbons (Fsp3) is 0.0833. The minimum atomic E-state index is -3.70. The van der Waals surface area contributed by atoms with Gasteiger partial charge >= 0.3 is 0 Å². The molecule has 20 heavy (non-hydrogen) atoms. The van der Waals surface area contributed by atoms with Crippen molar-refractivity contribution in [3.05, 3.63) is 44.6 Å². The smallest absolute Gasteiger partial charge is 0.242 e. The highest BCUT2D eigenvalue weighted by molar-refractivity contribution is 9.11. The number of thiophene rings is 1. The van der Waals surface area contributed by atoms with E-state index in [1.54, 1.807) is 0 Å². The van der Waals surface area contributed by atoms with Crippen LogP contribution in [0.4, 0.5) is 5.69 Å². The van der Waals surface area contributed by atoms with E-state index < -0.39 is 10.0 Å². The minimum Gasteiger partial charge on any atom is -0.398 e. The predicted molar refractivity (Wildman–Crippen MR) is 81.6 cm³/mol. The SMILES string of the molecule is N#Cc1ccc(S(=O)(=O)NCc2ccc(Br)s2)c(N)c1. The van der Waals surface area contributed by atoms with Crippen LogP contribution in [-0.2, 0) is 16.6 Å². The molecular weight excluding hydrogens is 362 g/mol. The number of sulfonamides is 1.